The number of para-hydroxylation sites is 1. The molecule has 130 valence electrons. The fourth-order valence-electron chi connectivity index (χ4n) is 2.65. The third-order valence-corrected chi connectivity index (χ3v) is 4.76. The van der Waals surface area contributed by atoms with Crippen LogP contribution in [0.4, 0.5) is 10.5 Å². The second-order valence-corrected chi connectivity index (χ2v) is 6.58. The summed E-state index contributed by atoms with van der Waals surface area (Å²) in [5, 5.41) is 7.81. The molecular weight excluding hydrogens is 392 g/mol. The highest BCUT2D eigenvalue weighted by Gasteiger charge is 2.06. The van der Waals surface area contributed by atoms with Gasteiger partial charge in [-0.15, -0.1) is 6.42 Å². The van der Waals surface area contributed by atoms with Gasteiger partial charge >= 0.3 is 6.03 Å². The number of hydrazone groups is 1. The number of anilines is 1. The number of rotatable bonds is 4. The summed E-state index contributed by atoms with van der Waals surface area (Å²) in [5.74, 6) is 2.63. The molecule has 6 heteroatoms. The summed E-state index contributed by atoms with van der Waals surface area (Å²) in [6.45, 7) is 2.43. The maximum Gasteiger partial charge on any atom is 0.339 e. The van der Waals surface area contributed by atoms with Crippen LogP contribution in [0.25, 0.3) is 10.9 Å². The van der Waals surface area contributed by atoms with E-state index in [1.54, 1.807) is 6.21 Å². The highest BCUT2D eigenvalue weighted by atomic mass is 79.9. The van der Waals surface area contributed by atoms with Gasteiger partial charge in [0.25, 0.3) is 0 Å². The number of nitrogens with one attached hydrogen (secondary N) is 2. The van der Waals surface area contributed by atoms with Gasteiger partial charge in [0.1, 0.15) is 0 Å². The fourth-order valence-corrected chi connectivity index (χ4v) is 2.90. The second-order valence-electron chi connectivity index (χ2n) is 5.72. The molecular formula is C20H17BrN4O. The Balaban J connectivity index is 1.70. The van der Waals surface area contributed by atoms with E-state index < -0.39 is 6.03 Å². The zero-order valence-corrected chi connectivity index (χ0v) is 15.7. The van der Waals surface area contributed by atoms with E-state index in [2.05, 4.69) is 37.7 Å². The Morgan fingerprint density at radius 2 is 2.15 bits per heavy atom. The maximum atomic E-state index is 12.0. The average Bonchev–Trinajstić information content (AvgIpc) is 2.97. The number of urea groups is 1. The minimum Gasteiger partial charge on any atom is -0.335 e. The summed E-state index contributed by atoms with van der Waals surface area (Å²) < 4.78 is 2.96. The molecule has 0 spiro atoms. The number of terminal acetylenes is 1. The SMILES string of the molecule is C#CCn1cc(C=NNC(=O)Nc2ccc(Br)c(C)c2)c2ccccc21. The molecule has 0 fully saturated rings. The molecule has 0 aliphatic carbocycles. The highest BCUT2D eigenvalue weighted by Crippen LogP contribution is 2.20. The number of amides is 2. The normalized spacial score (nSPS) is 10.8. The molecule has 3 rings (SSSR count). The number of fused-ring (bicyclic) bond motifs is 1. The topological polar surface area (TPSA) is 58.4 Å². The van der Waals surface area contributed by atoms with Crippen molar-refractivity contribution in [3.63, 3.8) is 0 Å². The maximum absolute atomic E-state index is 12.0. The van der Waals surface area contributed by atoms with E-state index in [-0.39, 0.29) is 0 Å². The van der Waals surface area contributed by atoms with Crippen molar-refractivity contribution >= 4 is 44.8 Å². The number of halogens is 1. The Morgan fingerprint density at radius 3 is 2.92 bits per heavy atom. The van der Waals surface area contributed by atoms with Crippen molar-refractivity contribution in [3.8, 4) is 12.3 Å². The number of hydrogen-bond donors (Lipinski definition) is 2. The number of carbonyl (C=O) groups is 1. The molecule has 2 aromatic carbocycles. The average molecular weight is 409 g/mol. The molecule has 2 amide bonds. The van der Waals surface area contributed by atoms with E-state index in [1.807, 2.05) is 60.2 Å². The fraction of sp³-hybridized carbons (Fsp3) is 0.100. The van der Waals surface area contributed by atoms with Gasteiger partial charge in [-0.05, 0) is 36.8 Å². The molecule has 0 saturated carbocycles. The van der Waals surface area contributed by atoms with Gasteiger partial charge in [-0.1, -0.05) is 40.0 Å². The van der Waals surface area contributed by atoms with E-state index in [4.69, 9.17) is 6.42 Å². The van der Waals surface area contributed by atoms with Gasteiger partial charge in [-0.2, -0.15) is 5.10 Å². The monoisotopic (exact) mass is 408 g/mol. The van der Waals surface area contributed by atoms with Crippen molar-refractivity contribution in [1.29, 1.82) is 0 Å². The van der Waals surface area contributed by atoms with Gasteiger partial charge in [0, 0.05) is 32.8 Å². The van der Waals surface area contributed by atoms with E-state index in [0.29, 0.717) is 12.2 Å². The van der Waals surface area contributed by atoms with Crippen LogP contribution in [0.2, 0.25) is 0 Å². The van der Waals surface area contributed by atoms with Gasteiger partial charge in [0.05, 0.1) is 12.8 Å². The summed E-state index contributed by atoms with van der Waals surface area (Å²) in [6.07, 6.45) is 8.96. The van der Waals surface area contributed by atoms with Gasteiger partial charge in [0.15, 0.2) is 0 Å². The first-order chi connectivity index (χ1) is 12.6. The number of benzene rings is 2. The molecule has 26 heavy (non-hydrogen) atoms. The van der Waals surface area contributed by atoms with Gasteiger partial charge in [-0.25, -0.2) is 10.2 Å². The molecule has 0 aliphatic rings. The summed E-state index contributed by atoms with van der Waals surface area (Å²) in [5.41, 5.74) is 6.12. The molecule has 3 aromatic rings. The number of carbonyl (C=O) groups excluding carboxylic acids is 1. The lowest BCUT2D eigenvalue weighted by Gasteiger charge is -2.06. The van der Waals surface area contributed by atoms with Crippen LogP contribution in [0.3, 0.4) is 0 Å². The van der Waals surface area contributed by atoms with Crippen molar-refractivity contribution in [1.82, 2.24) is 9.99 Å². The Hall–Kier alpha value is -3.04. The molecule has 0 atom stereocenters. The molecule has 2 N–H and O–H groups in total. The van der Waals surface area contributed by atoms with E-state index in [0.717, 1.165) is 26.5 Å². The molecule has 1 aromatic heterocycles. The van der Waals surface area contributed by atoms with Gasteiger partial charge < -0.3 is 9.88 Å². The third kappa shape index (κ3) is 3.95. The lowest BCUT2D eigenvalue weighted by molar-refractivity contribution is 0.252. The summed E-state index contributed by atoms with van der Waals surface area (Å²) in [4.78, 5) is 12.0. The Bertz CT molecular complexity index is 1030. The molecule has 1 heterocycles. The van der Waals surface area contributed by atoms with E-state index in [1.165, 1.54) is 0 Å². The van der Waals surface area contributed by atoms with Crippen LogP contribution in [-0.4, -0.2) is 16.8 Å². The van der Waals surface area contributed by atoms with Crippen molar-refractivity contribution in [2.24, 2.45) is 5.10 Å². The van der Waals surface area contributed by atoms with Crippen LogP contribution in [-0.2, 0) is 6.54 Å². The Morgan fingerprint density at radius 1 is 1.35 bits per heavy atom. The minimum absolute atomic E-state index is 0.407. The van der Waals surface area contributed by atoms with E-state index in [9.17, 15) is 4.79 Å². The van der Waals surface area contributed by atoms with Crippen molar-refractivity contribution in [3.05, 3.63) is 64.3 Å². The first-order valence-corrected chi connectivity index (χ1v) is 8.75. The standard InChI is InChI=1S/C20H17BrN4O/c1-3-10-25-13-15(17-6-4-5-7-19(17)25)12-22-24-20(26)23-16-8-9-18(21)14(2)11-16/h1,4-9,11-13H,10H2,2H3,(H2,23,24,26). The quantitative estimate of drug-likeness (QED) is 0.372. The van der Waals surface area contributed by atoms with Gasteiger partial charge in [-0.3, -0.25) is 0 Å². The molecule has 0 radical (unpaired) electrons. The Kier molecular flexibility index (Phi) is 5.40. The van der Waals surface area contributed by atoms with Crippen molar-refractivity contribution < 1.29 is 4.79 Å². The number of nitrogens with zero attached hydrogens (tertiary/aromatic N) is 2. The molecule has 5 nitrogen and oxygen atoms in total. The third-order valence-electron chi connectivity index (χ3n) is 3.87. The van der Waals surface area contributed by atoms with E-state index >= 15 is 0 Å². The molecule has 0 unspecified atom stereocenters. The van der Waals surface area contributed by atoms with Gasteiger partial charge in [0.2, 0.25) is 0 Å². The molecule has 0 aliphatic heterocycles. The predicted molar refractivity (Wildman–Crippen MR) is 109 cm³/mol. The van der Waals surface area contributed by atoms with Crippen LogP contribution in [0.1, 0.15) is 11.1 Å². The Labute approximate surface area is 160 Å². The lowest BCUT2D eigenvalue weighted by atomic mass is 10.2. The first kappa shape index (κ1) is 17.8. The zero-order valence-electron chi connectivity index (χ0n) is 14.2. The second kappa shape index (κ2) is 7.89. The predicted octanol–water partition coefficient (Wildman–Crippen LogP) is 4.50. The van der Waals surface area contributed by atoms with Crippen LogP contribution in [0, 0.1) is 19.3 Å². The molecule has 0 saturated heterocycles. The largest absolute Gasteiger partial charge is 0.339 e. The minimum atomic E-state index is -0.407. The summed E-state index contributed by atoms with van der Waals surface area (Å²) >= 11 is 3.43. The summed E-state index contributed by atoms with van der Waals surface area (Å²) in [7, 11) is 0. The summed E-state index contributed by atoms with van der Waals surface area (Å²) in [6, 6.07) is 13.1. The smallest absolute Gasteiger partial charge is 0.335 e. The number of aromatic nitrogens is 1. The first-order valence-electron chi connectivity index (χ1n) is 7.96. The highest BCUT2D eigenvalue weighted by molar-refractivity contribution is 9.10. The van der Waals surface area contributed by atoms with Crippen LogP contribution in [0.15, 0.2) is 58.2 Å². The lowest BCUT2D eigenvalue weighted by Crippen LogP contribution is -2.24. The van der Waals surface area contributed by atoms with Crippen LogP contribution >= 0.6 is 15.9 Å². The van der Waals surface area contributed by atoms with Crippen molar-refractivity contribution in [2.75, 3.05) is 5.32 Å². The zero-order chi connectivity index (χ0) is 18.5. The molecule has 0 bridgehead atoms. The number of aryl methyl sites for hydroxylation is 1. The van der Waals surface area contributed by atoms with Crippen molar-refractivity contribution in [2.45, 2.75) is 13.5 Å². The van der Waals surface area contributed by atoms with Crippen LogP contribution < -0.4 is 10.7 Å². The number of hydrogen-bond acceptors (Lipinski definition) is 2. The van der Waals surface area contributed by atoms with Crippen LogP contribution in [0.5, 0.6) is 0 Å².